The topological polar surface area (TPSA) is 52.6 Å². The summed E-state index contributed by atoms with van der Waals surface area (Å²) in [5, 5.41) is 0. The number of ether oxygens (including phenoxy) is 2. The second-order valence-corrected chi connectivity index (χ2v) is 15.3. The second kappa shape index (κ2) is 17.7. The van der Waals surface area contributed by atoms with E-state index in [4.69, 9.17) is 9.47 Å². The standard InChI is InChI=1S/C36H60O4.CH4S/c1-25-8-12-27(13-9-25)29-16-18-32(19-17-29)35(37)39-24-34(31-6-4-3-5-7-31)36(38)40-33-22-20-30(21-23-33)28-14-10-26(2)11-15-28;1-2/h25-34H,3-24H2,1-2H3;2H,1H3. The quantitative estimate of drug-likeness (QED) is 0.221. The molecule has 1 unspecified atom stereocenters. The monoisotopic (exact) mass is 604 g/mol. The lowest BCUT2D eigenvalue weighted by atomic mass is 9.69. The smallest absolute Gasteiger partial charge is 0.312 e. The molecule has 0 heterocycles. The highest BCUT2D eigenvalue weighted by molar-refractivity contribution is 7.79. The van der Waals surface area contributed by atoms with Gasteiger partial charge in [-0.3, -0.25) is 9.59 Å². The molecule has 0 amide bonds. The molecular formula is C37H64O4S. The average molecular weight is 605 g/mol. The lowest BCUT2D eigenvalue weighted by molar-refractivity contribution is -0.165. The molecule has 5 heteroatoms. The van der Waals surface area contributed by atoms with Crippen LogP contribution in [0.2, 0.25) is 0 Å². The van der Waals surface area contributed by atoms with Gasteiger partial charge in [0.15, 0.2) is 0 Å². The van der Waals surface area contributed by atoms with E-state index < -0.39 is 0 Å². The van der Waals surface area contributed by atoms with Crippen LogP contribution in [0, 0.1) is 53.3 Å². The summed E-state index contributed by atoms with van der Waals surface area (Å²) in [7, 11) is 0. The third kappa shape index (κ3) is 9.90. The van der Waals surface area contributed by atoms with Crippen molar-refractivity contribution in [2.24, 2.45) is 53.3 Å². The number of thiol groups is 1. The normalized spacial score (nSPS) is 37.0. The van der Waals surface area contributed by atoms with Crippen LogP contribution in [-0.4, -0.2) is 30.9 Å². The van der Waals surface area contributed by atoms with Gasteiger partial charge < -0.3 is 9.47 Å². The van der Waals surface area contributed by atoms with Gasteiger partial charge in [-0.2, -0.15) is 12.6 Å². The van der Waals surface area contributed by atoms with E-state index in [1.165, 1.54) is 96.3 Å². The van der Waals surface area contributed by atoms with Gasteiger partial charge in [0.05, 0.1) is 11.8 Å². The zero-order valence-electron chi connectivity index (χ0n) is 27.4. The Morgan fingerprint density at radius 3 is 1.50 bits per heavy atom. The van der Waals surface area contributed by atoms with Gasteiger partial charge in [0.2, 0.25) is 0 Å². The Bertz CT molecular complexity index is 778. The number of carbonyl (C=O) groups excluding carboxylic acids is 2. The molecule has 0 aromatic heterocycles. The van der Waals surface area contributed by atoms with Crippen molar-refractivity contribution >= 4 is 24.6 Å². The van der Waals surface area contributed by atoms with Crippen LogP contribution in [-0.2, 0) is 19.1 Å². The summed E-state index contributed by atoms with van der Waals surface area (Å²) < 4.78 is 12.2. The fourth-order valence-corrected chi connectivity index (χ4v) is 9.49. The van der Waals surface area contributed by atoms with Crippen LogP contribution in [0.3, 0.4) is 0 Å². The third-order valence-electron chi connectivity index (χ3n) is 12.5. The molecule has 0 aliphatic heterocycles. The molecule has 0 aromatic rings. The Balaban J connectivity index is 0.00000198. The number of rotatable bonds is 8. The Kier molecular flexibility index (Phi) is 14.4. The van der Waals surface area contributed by atoms with Crippen LogP contribution in [0.4, 0.5) is 0 Å². The summed E-state index contributed by atoms with van der Waals surface area (Å²) in [5.41, 5.74) is 0. The molecule has 0 saturated heterocycles. The van der Waals surface area contributed by atoms with Crippen LogP contribution < -0.4 is 0 Å². The first-order valence-electron chi connectivity index (χ1n) is 18.3. The van der Waals surface area contributed by atoms with Gasteiger partial charge in [0.25, 0.3) is 0 Å². The zero-order chi connectivity index (χ0) is 29.9. The fraction of sp³-hybridized carbons (Fsp3) is 0.946. The van der Waals surface area contributed by atoms with Crippen LogP contribution >= 0.6 is 12.6 Å². The van der Waals surface area contributed by atoms with Crippen molar-refractivity contribution in [3.63, 3.8) is 0 Å². The molecule has 4 nitrogen and oxygen atoms in total. The molecule has 5 saturated carbocycles. The van der Waals surface area contributed by atoms with Crippen LogP contribution in [0.25, 0.3) is 0 Å². The highest BCUT2D eigenvalue weighted by atomic mass is 32.1. The maximum absolute atomic E-state index is 13.5. The molecule has 242 valence electrons. The SMILES string of the molecule is CC1CCC(C2CCC(OC(=O)C(COC(=O)C3CCC(C4CCC(C)CC4)CC3)C3CCCCC3)CC2)CC1.CS. The Morgan fingerprint density at radius 1 is 0.595 bits per heavy atom. The first-order valence-corrected chi connectivity index (χ1v) is 19.2. The first kappa shape index (κ1) is 34.2. The molecular weight excluding hydrogens is 540 g/mol. The minimum absolute atomic E-state index is 0.0276. The van der Waals surface area contributed by atoms with E-state index in [-0.39, 0.29) is 36.5 Å². The van der Waals surface area contributed by atoms with E-state index in [0.29, 0.717) is 5.92 Å². The molecule has 0 spiro atoms. The summed E-state index contributed by atoms with van der Waals surface area (Å²) in [6.45, 7) is 5.02. The van der Waals surface area contributed by atoms with E-state index in [1.54, 1.807) is 6.26 Å². The third-order valence-corrected chi connectivity index (χ3v) is 12.5. The summed E-state index contributed by atoms with van der Waals surface area (Å²) in [6, 6.07) is 0. The number of carbonyl (C=O) groups is 2. The van der Waals surface area contributed by atoms with Gasteiger partial charge >= 0.3 is 11.9 Å². The van der Waals surface area contributed by atoms with Gasteiger partial charge in [0, 0.05) is 0 Å². The maximum Gasteiger partial charge on any atom is 0.312 e. The average Bonchev–Trinajstić information content (AvgIpc) is 3.04. The lowest BCUT2D eigenvalue weighted by Gasteiger charge is -2.38. The summed E-state index contributed by atoms with van der Waals surface area (Å²) in [5.74, 6) is 5.13. The van der Waals surface area contributed by atoms with Crippen molar-refractivity contribution in [3.05, 3.63) is 0 Å². The molecule has 5 rings (SSSR count). The van der Waals surface area contributed by atoms with Gasteiger partial charge in [-0.1, -0.05) is 58.8 Å². The van der Waals surface area contributed by atoms with Crippen LogP contribution in [0.5, 0.6) is 0 Å². The molecule has 5 aliphatic rings. The van der Waals surface area contributed by atoms with Crippen molar-refractivity contribution in [2.75, 3.05) is 12.9 Å². The van der Waals surface area contributed by atoms with E-state index in [2.05, 4.69) is 26.5 Å². The molecule has 0 N–H and O–H groups in total. The summed E-state index contributed by atoms with van der Waals surface area (Å²) >= 11 is 3.53. The van der Waals surface area contributed by atoms with Crippen molar-refractivity contribution in [1.29, 1.82) is 0 Å². The molecule has 5 fully saturated rings. The number of hydrogen-bond acceptors (Lipinski definition) is 5. The Labute approximate surface area is 264 Å². The zero-order valence-corrected chi connectivity index (χ0v) is 28.3. The van der Waals surface area contributed by atoms with Gasteiger partial charge in [0.1, 0.15) is 12.7 Å². The minimum atomic E-state index is -0.276. The summed E-state index contributed by atoms with van der Waals surface area (Å²) in [6.07, 6.45) is 27.3. The van der Waals surface area contributed by atoms with Crippen molar-refractivity contribution in [3.8, 4) is 0 Å². The van der Waals surface area contributed by atoms with Gasteiger partial charge in [-0.05, 0) is 138 Å². The maximum atomic E-state index is 13.5. The largest absolute Gasteiger partial charge is 0.465 e. The van der Waals surface area contributed by atoms with Gasteiger partial charge in [-0.25, -0.2) is 0 Å². The molecule has 1 atom stereocenters. The lowest BCUT2D eigenvalue weighted by Crippen LogP contribution is -2.37. The number of esters is 2. The predicted octanol–water partition coefficient (Wildman–Crippen LogP) is 9.83. The van der Waals surface area contributed by atoms with E-state index in [0.717, 1.165) is 74.0 Å². The van der Waals surface area contributed by atoms with E-state index in [1.807, 2.05) is 0 Å². The molecule has 5 aliphatic carbocycles. The molecule has 0 aromatic carbocycles. The fourth-order valence-electron chi connectivity index (χ4n) is 9.49. The van der Waals surface area contributed by atoms with Crippen LogP contribution in [0.1, 0.15) is 149 Å². The molecule has 0 radical (unpaired) electrons. The first-order chi connectivity index (χ1) is 20.5. The predicted molar refractivity (Wildman–Crippen MR) is 175 cm³/mol. The van der Waals surface area contributed by atoms with Crippen molar-refractivity contribution in [1.82, 2.24) is 0 Å². The van der Waals surface area contributed by atoms with Gasteiger partial charge in [-0.15, -0.1) is 0 Å². The van der Waals surface area contributed by atoms with Crippen molar-refractivity contribution < 1.29 is 19.1 Å². The highest BCUT2D eigenvalue weighted by Gasteiger charge is 2.37. The van der Waals surface area contributed by atoms with Crippen LogP contribution in [0.15, 0.2) is 0 Å². The second-order valence-electron chi connectivity index (χ2n) is 15.3. The minimum Gasteiger partial charge on any atom is -0.465 e. The van der Waals surface area contributed by atoms with E-state index in [9.17, 15) is 9.59 Å². The van der Waals surface area contributed by atoms with Crippen molar-refractivity contribution in [2.45, 2.75) is 155 Å². The van der Waals surface area contributed by atoms with E-state index >= 15 is 0 Å². The Morgan fingerprint density at radius 2 is 1.02 bits per heavy atom. The summed E-state index contributed by atoms with van der Waals surface area (Å²) in [4.78, 5) is 26.7. The molecule has 42 heavy (non-hydrogen) atoms. The molecule has 0 bridgehead atoms. The Hall–Kier alpha value is -0.710. The number of hydrogen-bond donors (Lipinski definition) is 1. The highest BCUT2D eigenvalue weighted by Crippen LogP contribution is 2.43.